The topological polar surface area (TPSA) is 120 Å². The number of aromatic nitrogens is 3. The number of alkyl halides is 3. The van der Waals surface area contributed by atoms with Gasteiger partial charge in [0.05, 0.1) is 17.5 Å². The zero-order valence-corrected chi connectivity index (χ0v) is 19.2. The standard InChI is InChI=1S/C21H25N5O2.C2HF3O2/c1-14-11-15(2)26-17(13-23-21(26)24-14)12-22-16-7-9-25(10-8-16)20(28)18-5-3-4-6-19(18)27;3-2(4,5)1(6)7/h3-6,11,13,16,22,27H,7-10,12H2,1-2H3;(H,6,7). The van der Waals surface area contributed by atoms with Crippen LogP contribution < -0.4 is 5.32 Å². The van der Waals surface area contributed by atoms with E-state index in [2.05, 4.69) is 32.7 Å². The number of carbonyl (C=O) groups excluding carboxylic acids is 1. The third-order valence-electron chi connectivity index (χ3n) is 5.59. The van der Waals surface area contributed by atoms with Gasteiger partial charge in [0.1, 0.15) is 5.75 Å². The number of piperidine rings is 1. The number of nitrogens with zero attached hydrogens (tertiary/aromatic N) is 4. The van der Waals surface area contributed by atoms with Gasteiger partial charge in [-0.15, -0.1) is 0 Å². The minimum Gasteiger partial charge on any atom is -0.507 e. The number of aliphatic carboxylic acids is 1. The number of amides is 1. The van der Waals surface area contributed by atoms with Crippen molar-refractivity contribution in [1.82, 2.24) is 24.6 Å². The number of benzene rings is 1. The predicted octanol–water partition coefficient (Wildman–Crippen LogP) is 3.08. The Bertz CT molecular complexity index is 1200. The quantitative estimate of drug-likeness (QED) is 0.511. The zero-order chi connectivity index (χ0) is 25.8. The number of phenolic OH excluding ortho intramolecular Hbond substituents is 1. The Kier molecular flexibility index (Phi) is 7.95. The number of para-hydroxylation sites is 1. The molecule has 9 nitrogen and oxygen atoms in total. The summed E-state index contributed by atoms with van der Waals surface area (Å²) < 4.78 is 33.8. The SMILES string of the molecule is Cc1cc(C)n2c(CNC3CCN(C(=O)c4ccccc4O)CC3)cnc2n1.O=C(O)C(F)(F)F. The van der Waals surface area contributed by atoms with Gasteiger partial charge in [0.2, 0.25) is 5.78 Å². The largest absolute Gasteiger partial charge is 0.507 e. The molecule has 0 radical (unpaired) electrons. The molecule has 3 N–H and O–H groups in total. The molecule has 2 aromatic heterocycles. The number of hydrogen-bond donors (Lipinski definition) is 3. The minimum absolute atomic E-state index is 0.0413. The number of phenols is 1. The van der Waals surface area contributed by atoms with Gasteiger partial charge in [-0.1, -0.05) is 12.1 Å². The van der Waals surface area contributed by atoms with Gasteiger partial charge in [0.15, 0.2) is 0 Å². The van der Waals surface area contributed by atoms with Gasteiger partial charge in [0, 0.05) is 37.1 Å². The number of aromatic hydroxyl groups is 1. The number of aryl methyl sites for hydroxylation is 2. The number of fused-ring (bicyclic) bond motifs is 1. The van der Waals surface area contributed by atoms with Gasteiger partial charge in [0.25, 0.3) is 5.91 Å². The molecule has 3 heterocycles. The fourth-order valence-corrected chi connectivity index (χ4v) is 3.88. The molecule has 12 heteroatoms. The molecule has 0 saturated carbocycles. The summed E-state index contributed by atoms with van der Waals surface area (Å²) in [4.78, 5) is 32.2. The normalized spacial score (nSPS) is 14.5. The maximum atomic E-state index is 12.6. The Labute approximate surface area is 199 Å². The van der Waals surface area contributed by atoms with Crippen molar-refractivity contribution in [2.75, 3.05) is 13.1 Å². The van der Waals surface area contributed by atoms with Crippen molar-refractivity contribution in [2.24, 2.45) is 0 Å². The van der Waals surface area contributed by atoms with Gasteiger partial charge in [-0.05, 0) is 44.9 Å². The summed E-state index contributed by atoms with van der Waals surface area (Å²) in [6.45, 7) is 6.11. The van der Waals surface area contributed by atoms with E-state index in [1.54, 1.807) is 24.3 Å². The number of halogens is 3. The number of likely N-dealkylation sites (tertiary alicyclic amines) is 1. The summed E-state index contributed by atoms with van der Waals surface area (Å²) in [5.74, 6) is -2.08. The molecule has 35 heavy (non-hydrogen) atoms. The van der Waals surface area contributed by atoms with Crippen molar-refractivity contribution < 1.29 is 33.0 Å². The summed E-state index contributed by atoms with van der Waals surface area (Å²) in [6, 6.07) is 9.12. The van der Waals surface area contributed by atoms with Crippen molar-refractivity contribution in [3.8, 4) is 5.75 Å². The maximum Gasteiger partial charge on any atom is 0.490 e. The van der Waals surface area contributed by atoms with Crippen LogP contribution in [0.3, 0.4) is 0 Å². The van der Waals surface area contributed by atoms with E-state index < -0.39 is 12.1 Å². The molecule has 4 rings (SSSR count). The van der Waals surface area contributed by atoms with Crippen LogP contribution in [0.25, 0.3) is 5.78 Å². The molecular weight excluding hydrogens is 467 g/mol. The lowest BCUT2D eigenvalue weighted by Gasteiger charge is -2.32. The smallest absolute Gasteiger partial charge is 0.490 e. The molecule has 3 aromatic rings. The van der Waals surface area contributed by atoms with E-state index in [4.69, 9.17) is 9.90 Å². The molecule has 0 spiro atoms. The van der Waals surface area contributed by atoms with Crippen LogP contribution in [-0.4, -0.2) is 66.7 Å². The number of hydrogen-bond acceptors (Lipinski definition) is 6. The molecule has 0 atom stereocenters. The van der Waals surface area contributed by atoms with E-state index in [0.717, 1.165) is 35.7 Å². The second-order valence-corrected chi connectivity index (χ2v) is 8.19. The van der Waals surface area contributed by atoms with Gasteiger partial charge in [-0.25, -0.2) is 14.8 Å². The van der Waals surface area contributed by atoms with Crippen LogP contribution in [0.5, 0.6) is 5.75 Å². The molecule has 0 unspecified atom stereocenters. The number of carbonyl (C=O) groups is 2. The van der Waals surface area contributed by atoms with Crippen LogP contribution in [0.1, 0.15) is 40.3 Å². The number of carboxylic acids is 1. The van der Waals surface area contributed by atoms with E-state index in [1.807, 2.05) is 18.0 Å². The fourth-order valence-electron chi connectivity index (χ4n) is 3.88. The number of carboxylic acid groups (broad SMARTS) is 1. The summed E-state index contributed by atoms with van der Waals surface area (Å²) in [7, 11) is 0. The van der Waals surface area contributed by atoms with Crippen molar-refractivity contribution in [3.63, 3.8) is 0 Å². The summed E-state index contributed by atoms with van der Waals surface area (Å²) in [6.07, 6.45) is -1.45. The van der Waals surface area contributed by atoms with Gasteiger partial charge < -0.3 is 20.4 Å². The van der Waals surface area contributed by atoms with E-state index in [0.29, 0.717) is 31.2 Å². The highest BCUT2D eigenvalue weighted by atomic mass is 19.4. The van der Waals surface area contributed by atoms with E-state index >= 15 is 0 Å². The molecule has 0 aliphatic carbocycles. The first-order valence-corrected chi connectivity index (χ1v) is 10.9. The summed E-state index contributed by atoms with van der Waals surface area (Å²) in [5, 5.41) is 20.6. The van der Waals surface area contributed by atoms with Crippen LogP contribution in [0.2, 0.25) is 0 Å². The Morgan fingerprint density at radius 3 is 2.40 bits per heavy atom. The fraction of sp³-hybridized carbons (Fsp3) is 0.391. The summed E-state index contributed by atoms with van der Waals surface area (Å²) >= 11 is 0. The predicted molar refractivity (Wildman–Crippen MR) is 120 cm³/mol. The lowest BCUT2D eigenvalue weighted by atomic mass is 10.0. The average molecular weight is 493 g/mol. The van der Waals surface area contributed by atoms with Gasteiger partial charge in [-0.2, -0.15) is 13.2 Å². The minimum atomic E-state index is -5.08. The number of imidazole rings is 1. The lowest BCUT2D eigenvalue weighted by molar-refractivity contribution is -0.192. The molecule has 1 saturated heterocycles. The van der Waals surface area contributed by atoms with Crippen LogP contribution >= 0.6 is 0 Å². The molecule has 1 aliphatic rings. The third-order valence-corrected chi connectivity index (χ3v) is 5.59. The van der Waals surface area contributed by atoms with Gasteiger partial charge in [-0.3, -0.25) is 9.20 Å². The average Bonchev–Trinajstić information content (AvgIpc) is 3.21. The Morgan fingerprint density at radius 1 is 1.17 bits per heavy atom. The number of rotatable bonds is 4. The maximum absolute atomic E-state index is 12.6. The second kappa shape index (κ2) is 10.7. The van der Waals surface area contributed by atoms with E-state index in [1.165, 1.54) is 0 Å². The zero-order valence-electron chi connectivity index (χ0n) is 19.2. The third kappa shape index (κ3) is 6.47. The van der Waals surface area contributed by atoms with Crippen molar-refractivity contribution in [3.05, 3.63) is 59.2 Å². The van der Waals surface area contributed by atoms with Crippen molar-refractivity contribution in [2.45, 2.75) is 45.5 Å². The highest BCUT2D eigenvalue weighted by molar-refractivity contribution is 5.96. The van der Waals surface area contributed by atoms with Crippen LogP contribution in [0, 0.1) is 13.8 Å². The van der Waals surface area contributed by atoms with Crippen molar-refractivity contribution >= 4 is 17.7 Å². The Morgan fingerprint density at radius 2 is 1.80 bits per heavy atom. The first-order chi connectivity index (χ1) is 16.5. The molecule has 1 amide bonds. The Balaban J connectivity index is 0.000000429. The van der Waals surface area contributed by atoms with Gasteiger partial charge >= 0.3 is 12.1 Å². The van der Waals surface area contributed by atoms with Crippen LogP contribution in [-0.2, 0) is 11.3 Å². The summed E-state index contributed by atoms with van der Waals surface area (Å²) in [5.41, 5.74) is 3.56. The van der Waals surface area contributed by atoms with E-state index in [-0.39, 0.29) is 11.7 Å². The molecule has 0 bridgehead atoms. The second-order valence-electron chi connectivity index (χ2n) is 8.19. The van der Waals surface area contributed by atoms with Crippen LogP contribution in [0.15, 0.2) is 36.5 Å². The molecule has 1 aliphatic heterocycles. The highest BCUT2D eigenvalue weighted by Gasteiger charge is 2.38. The highest BCUT2D eigenvalue weighted by Crippen LogP contribution is 2.21. The Hall–Kier alpha value is -3.67. The first-order valence-electron chi connectivity index (χ1n) is 10.9. The monoisotopic (exact) mass is 493 g/mol. The lowest BCUT2D eigenvalue weighted by Crippen LogP contribution is -2.44. The molecule has 188 valence electrons. The molecular formula is C23H26F3N5O4. The van der Waals surface area contributed by atoms with E-state index in [9.17, 15) is 23.1 Å². The molecule has 1 aromatic carbocycles. The number of nitrogens with one attached hydrogen (secondary N) is 1. The van der Waals surface area contributed by atoms with Crippen molar-refractivity contribution in [1.29, 1.82) is 0 Å². The van der Waals surface area contributed by atoms with Crippen LogP contribution in [0.4, 0.5) is 13.2 Å². The first kappa shape index (κ1) is 25.9. The molecule has 1 fully saturated rings.